The summed E-state index contributed by atoms with van der Waals surface area (Å²) >= 11 is 2.31. The van der Waals surface area contributed by atoms with Crippen molar-refractivity contribution in [1.29, 1.82) is 0 Å². The minimum absolute atomic E-state index is 0.608. The van der Waals surface area contributed by atoms with E-state index in [1.54, 1.807) is 7.11 Å². The van der Waals surface area contributed by atoms with Crippen LogP contribution in [0.1, 0.15) is 5.56 Å². The zero-order chi connectivity index (χ0) is 9.68. The number of benzene rings is 1. The van der Waals surface area contributed by atoms with Gasteiger partial charge in [-0.05, 0) is 53.3 Å². The highest BCUT2D eigenvalue weighted by Gasteiger charge is 1.97. The van der Waals surface area contributed by atoms with Crippen LogP contribution in [0.2, 0.25) is 0 Å². The lowest BCUT2D eigenvalue weighted by Crippen LogP contribution is -2.04. The molecule has 0 N–H and O–H groups in total. The highest BCUT2D eigenvalue weighted by Crippen LogP contribution is 2.18. The van der Waals surface area contributed by atoms with Gasteiger partial charge in [0.1, 0.15) is 12.4 Å². The standard InChI is InChI=1S/C10H13IO2/c1-8-7-9(3-4-10(8)11)13-6-5-12-2/h3-4,7H,5-6H2,1-2H3. The van der Waals surface area contributed by atoms with Crippen LogP contribution in [0, 0.1) is 10.5 Å². The third kappa shape index (κ3) is 3.52. The molecule has 0 radical (unpaired) electrons. The molecule has 0 aliphatic heterocycles. The summed E-state index contributed by atoms with van der Waals surface area (Å²) in [4.78, 5) is 0. The Labute approximate surface area is 92.4 Å². The first kappa shape index (κ1) is 10.8. The Morgan fingerprint density at radius 3 is 2.69 bits per heavy atom. The Bertz CT molecular complexity index is 274. The molecule has 0 heterocycles. The average Bonchev–Trinajstić information content (AvgIpc) is 2.12. The van der Waals surface area contributed by atoms with Crippen LogP contribution >= 0.6 is 22.6 Å². The van der Waals surface area contributed by atoms with E-state index in [9.17, 15) is 0 Å². The van der Waals surface area contributed by atoms with E-state index in [1.807, 2.05) is 12.1 Å². The summed E-state index contributed by atoms with van der Waals surface area (Å²) in [5.41, 5.74) is 1.25. The smallest absolute Gasteiger partial charge is 0.119 e. The second-order valence-corrected chi connectivity index (χ2v) is 3.91. The van der Waals surface area contributed by atoms with E-state index >= 15 is 0 Å². The van der Waals surface area contributed by atoms with E-state index in [1.165, 1.54) is 9.13 Å². The highest BCUT2D eigenvalue weighted by atomic mass is 127. The second kappa shape index (κ2) is 5.44. The molecule has 0 fully saturated rings. The van der Waals surface area contributed by atoms with Crippen LogP contribution in [-0.2, 0) is 4.74 Å². The van der Waals surface area contributed by atoms with Crippen LogP contribution < -0.4 is 4.74 Å². The third-order valence-electron chi connectivity index (χ3n) is 1.69. The maximum absolute atomic E-state index is 5.45. The van der Waals surface area contributed by atoms with Gasteiger partial charge in [-0.2, -0.15) is 0 Å². The summed E-state index contributed by atoms with van der Waals surface area (Å²) in [7, 11) is 1.67. The largest absolute Gasteiger partial charge is 0.491 e. The van der Waals surface area contributed by atoms with Gasteiger partial charge in [-0.15, -0.1) is 0 Å². The van der Waals surface area contributed by atoms with Crippen molar-refractivity contribution in [2.75, 3.05) is 20.3 Å². The fourth-order valence-corrected chi connectivity index (χ4v) is 1.29. The van der Waals surface area contributed by atoms with Crippen LogP contribution in [0.15, 0.2) is 18.2 Å². The molecule has 0 aliphatic carbocycles. The van der Waals surface area contributed by atoms with E-state index in [-0.39, 0.29) is 0 Å². The summed E-state index contributed by atoms with van der Waals surface area (Å²) in [6, 6.07) is 6.07. The monoisotopic (exact) mass is 292 g/mol. The van der Waals surface area contributed by atoms with Crippen molar-refractivity contribution in [3.63, 3.8) is 0 Å². The lowest BCUT2D eigenvalue weighted by atomic mass is 10.2. The Morgan fingerprint density at radius 2 is 2.08 bits per heavy atom. The van der Waals surface area contributed by atoms with Gasteiger partial charge in [-0.3, -0.25) is 0 Å². The van der Waals surface area contributed by atoms with Crippen molar-refractivity contribution >= 4 is 22.6 Å². The van der Waals surface area contributed by atoms with Crippen LogP contribution in [0.25, 0.3) is 0 Å². The Morgan fingerprint density at radius 1 is 1.31 bits per heavy atom. The highest BCUT2D eigenvalue weighted by molar-refractivity contribution is 14.1. The number of ether oxygens (including phenoxy) is 2. The van der Waals surface area contributed by atoms with Gasteiger partial charge in [0.15, 0.2) is 0 Å². The topological polar surface area (TPSA) is 18.5 Å². The van der Waals surface area contributed by atoms with Crippen LogP contribution in [0.5, 0.6) is 5.75 Å². The predicted octanol–water partition coefficient (Wildman–Crippen LogP) is 2.62. The zero-order valence-corrected chi connectivity index (χ0v) is 10.00. The molecule has 1 aromatic rings. The Balaban J connectivity index is 2.53. The van der Waals surface area contributed by atoms with Crippen LogP contribution in [0.3, 0.4) is 0 Å². The summed E-state index contributed by atoms with van der Waals surface area (Å²) in [5.74, 6) is 0.912. The average molecular weight is 292 g/mol. The minimum Gasteiger partial charge on any atom is -0.491 e. The first-order valence-corrected chi connectivity index (χ1v) is 5.20. The van der Waals surface area contributed by atoms with Gasteiger partial charge in [0.05, 0.1) is 6.61 Å². The zero-order valence-electron chi connectivity index (χ0n) is 7.84. The molecule has 1 rings (SSSR count). The first-order chi connectivity index (χ1) is 6.24. The molecule has 0 aliphatic rings. The number of hydrogen-bond donors (Lipinski definition) is 0. The molecule has 0 saturated heterocycles. The van der Waals surface area contributed by atoms with E-state index in [0.29, 0.717) is 13.2 Å². The number of aryl methyl sites for hydroxylation is 1. The molecule has 3 heteroatoms. The lowest BCUT2D eigenvalue weighted by Gasteiger charge is -2.06. The molecule has 0 bridgehead atoms. The van der Waals surface area contributed by atoms with Crippen molar-refractivity contribution in [2.24, 2.45) is 0 Å². The van der Waals surface area contributed by atoms with Crippen LogP contribution in [-0.4, -0.2) is 20.3 Å². The fourth-order valence-electron chi connectivity index (χ4n) is 0.950. The molecule has 0 amide bonds. The SMILES string of the molecule is COCCOc1ccc(I)c(C)c1. The molecular formula is C10H13IO2. The number of halogens is 1. The van der Waals surface area contributed by atoms with Gasteiger partial charge < -0.3 is 9.47 Å². The second-order valence-electron chi connectivity index (χ2n) is 2.75. The molecule has 13 heavy (non-hydrogen) atoms. The molecular weight excluding hydrogens is 279 g/mol. The maximum Gasteiger partial charge on any atom is 0.119 e. The normalized spacial score (nSPS) is 10.1. The quantitative estimate of drug-likeness (QED) is 0.627. The predicted molar refractivity (Wildman–Crippen MR) is 61.3 cm³/mol. The molecule has 0 spiro atoms. The van der Waals surface area contributed by atoms with Crippen molar-refractivity contribution in [3.8, 4) is 5.75 Å². The third-order valence-corrected chi connectivity index (χ3v) is 2.90. The number of methoxy groups -OCH3 is 1. The Kier molecular flexibility index (Phi) is 4.52. The fraction of sp³-hybridized carbons (Fsp3) is 0.400. The molecule has 0 atom stereocenters. The van der Waals surface area contributed by atoms with Gasteiger partial charge >= 0.3 is 0 Å². The number of hydrogen-bond acceptors (Lipinski definition) is 2. The summed E-state index contributed by atoms with van der Waals surface area (Å²) in [6.07, 6.45) is 0. The van der Waals surface area contributed by atoms with Gasteiger partial charge in [0.2, 0.25) is 0 Å². The summed E-state index contributed by atoms with van der Waals surface area (Å²) < 4.78 is 11.6. The van der Waals surface area contributed by atoms with Crippen molar-refractivity contribution < 1.29 is 9.47 Å². The van der Waals surface area contributed by atoms with Crippen molar-refractivity contribution in [2.45, 2.75) is 6.92 Å². The van der Waals surface area contributed by atoms with E-state index in [0.717, 1.165) is 5.75 Å². The maximum atomic E-state index is 5.45. The van der Waals surface area contributed by atoms with Gasteiger partial charge in [-0.25, -0.2) is 0 Å². The number of rotatable bonds is 4. The Hall–Kier alpha value is -0.290. The summed E-state index contributed by atoms with van der Waals surface area (Å²) in [5, 5.41) is 0. The van der Waals surface area contributed by atoms with Gasteiger partial charge in [0.25, 0.3) is 0 Å². The van der Waals surface area contributed by atoms with Crippen molar-refractivity contribution in [3.05, 3.63) is 27.3 Å². The van der Waals surface area contributed by atoms with Gasteiger partial charge in [0, 0.05) is 10.7 Å². The minimum atomic E-state index is 0.608. The molecule has 1 aromatic carbocycles. The molecule has 2 nitrogen and oxygen atoms in total. The van der Waals surface area contributed by atoms with Gasteiger partial charge in [-0.1, -0.05) is 0 Å². The van der Waals surface area contributed by atoms with E-state index in [4.69, 9.17) is 9.47 Å². The molecule has 0 saturated carbocycles. The molecule has 0 aromatic heterocycles. The first-order valence-electron chi connectivity index (χ1n) is 4.12. The summed E-state index contributed by atoms with van der Waals surface area (Å²) in [6.45, 7) is 3.31. The molecule has 72 valence electrons. The lowest BCUT2D eigenvalue weighted by molar-refractivity contribution is 0.146. The van der Waals surface area contributed by atoms with Crippen molar-refractivity contribution in [1.82, 2.24) is 0 Å². The van der Waals surface area contributed by atoms with E-state index in [2.05, 4.69) is 35.6 Å². The van der Waals surface area contributed by atoms with Crippen LogP contribution in [0.4, 0.5) is 0 Å². The van der Waals surface area contributed by atoms with E-state index < -0.39 is 0 Å². The molecule has 0 unspecified atom stereocenters.